The lowest BCUT2D eigenvalue weighted by atomic mass is 10.2. The third-order valence-corrected chi connectivity index (χ3v) is 3.12. The molecule has 1 saturated heterocycles. The van der Waals surface area contributed by atoms with E-state index in [1.165, 1.54) is 5.56 Å². The Bertz CT molecular complexity index is 354. The Kier molecular flexibility index (Phi) is 3.26. The van der Waals surface area contributed by atoms with Gasteiger partial charge in [0.15, 0.2) is 0 Å². The first-order chi connectivity index (χ1) is 7.16. The molecule has 0 unspecified atom stereocenters. The summed E-state index contributed by atoms with van der Waals surface area (Å²) in [7, 11) is 0. The third-order valence-electron chi connectivity index (χ3n) is 2.69. The second kappa shape index (κ2) is 4.49. The van der Waals surface area contributed by atoms with Crippen LogP contribution in [-0.2, 0) is 0 Å². The summed E-state index contributed by atoms with van der Waals surface area (Å²) in [6.45, 7) is 7.44. The molecule has 2 rings (SSSR count). The molecule has 0 saturated carbocycles. The lowest BCUT2D eigenvalue weighted by Gasteiger charge is -2.33. The first-order valence-corrected chi connectivity index (χ1v) is 6.06. The van der Waals surface area contributed by atoms with Crippen molar-refractivity contribution in [2.24, 2.45) is 0 Å². The summed E-state index contributed by atoms with van der Waals surface area (Å²) >= 11 is 3.44. The van der Waals surface area contributed by atoms with Crippen LogP contribution in [0.1, 0.15) is 12.5 Å². The topological polar surface area (TPSA) is 28.2 Å². The molecular weight excluding hydrogens is 254 g/mol. The van der Waals surface area contributed by atoms with Gasteiger partial charge >= 0.3 is 0 Å². The summed E-state index contributed by atoms with van der Waals surface area (Å²) < 4.78 is 1.05. The smallest absolute Gasteiger partial charge is 0.131 e. The summed E-state index contributed by atoms with van der Waals surface area (Å²) in [6.07, 6.45) is 1.87. The van der Waals surface area contributed by atoms with E-state index in [1.54, 1.807) is 0 Å². The average molecular weight is 270 g/mol. The van der Waals surface area contributed by atoms with Gasteiger partial charge in [0.05, 0.1) is 0 Å². The highest BCUT2D eigenvalue weighted by molar-refractivity contribution is 9.10. The Labute approximate surface area is 99.0 Å². The number of rotatable bonds is 1. The van der Waals surface area contributed by atoms with Crippen LogP contribution in [0.2, 0.25) is 0 Å². The predicted octanol–water partition coefficient (Wildman–Crippen LogP) is 1.95. The molecule has 0 aliphatic carbocycles. The van der Waals surface area contributed by atoms with Gasteiger partial charge in [0, 0.05) is 36.3 Å². The van der Waals surface area contributed by atoms with Gasteiger partial charge in [-0.05, 0) is 41.4 Å². The highest BCUT2D eigenvalue weighted by Crippen LogP contribution is 2.21. The van der Waals surface area contributed by atoms with Crippen molar-refractivity contribution in [3.63, 3.8) is 0 Å². The van der Waals surface area contributed by atoms with Crippen LogP contribution in [0.3, 0.4) is 0 Å². The molecule has 1 N–H and O–H groups in total. The van der Waals surface area contributed by atoms with Gasteiger partial charge < -0.3 is 10.2 Å². The fraction of sp³-hybridized carbons (Fsp3) is 0.545. The standard InChI is InChI=1S/C11H16BrN3/c1-8-5-10(12)6-14-11(8)15-4-3-13-9(2)7-15/h5-6,9,13H,3-4,7H2,1-2H3/t9-/m0/s1. The monoisotopic (exact) mass is 269 g/mol. The van der Waals surface area contributed by atoms with Crippen molar-refractivity contribution in [2.75, 3.05) is 24.5 Å². The molecule has 1 atom stereocenters. The van der Waals surface area contributed by atoms with Crippen LogP contribution >= 0.6 is 15.9 Å². The van der Waals surface area contributed by atoms with Crippen molar-refractivity contribution in [3.05, 3.63) is 22.3 Å². The molecule has 0 amide bonds. The number of hydrogen-bond donors (Lipinski definition) is 1. The third kappa shape index (κ3) is 2.49. The predicted molar refractivity (Wildman–Crippen MR) is 66.4 cm³/mol. The van der Waals surface area contributed by atoms with Crippen molar-refractivity contribution in [1.29, 1.82) is 0 Å². The van der Waals surface area contributed by atoms with Gasteiger partial charge in [-0.15, -0.1) is 0 Å². The fourth-order valence-electron chi connectivity index (χ4n) is 1.99. The van der Waals surface area contributed by atoms with E-state index in [-0.39, 0.29) is 0 Å². The van der Waals surface area contributed by atoms with Gasteiger partial charge in [-0.2, -0.15) is 0 Å². The molecule has 4 heteroatoms. The number of pyridine rings is 1. The second-order valence-electron chi connectivity index (χ2n) is 4.10. The summed E-state index contributed by atoms with van der Waals surface area (Å²) in [5.41, 5.74) is 1.23. The maximum absolute atomic E-state index is 4.49. The first kappa shape index (κ1) is 10.9. The number of aryl methyl sites for hydroxylation is 1. The van der Waals surface area contributed by atoms with Crippen molar-refractivity contribution >= 4 is 21.7 Å². The maximum Gasteiger partial charge on any atom is 0.131 e. The summed E-state index contributed by atoms with van der Waals surface area (Å²) in [5, 5.41) is 3.43. The van der Waals surface area contributed by atoms with Crippen LogP contribution in [-0.4, -0.2) is 30.7 Å². The molecule has 1 aromatic rings. The van der Waals surface area contributed by atoms with Crippen LogP contribution < -0.4 is 10.2 Å². The Balaban J connectivity index is 2.21. The molecule has 2 heterocycles. The number of nitrogens with zero attached hydrogens (tertiary/aromatic N) is 2. The minimum absolute atomic E-state index is 0.545. The molecule has 82 valence electrons. The van der Waals surface area contributed by atoms with Crippen molar-refractivity contribution in [2.45, 2.75) is 19.9 Å². The zero-order valence-corrected chi connectivity index (χ0v) is 10.7. The Morgan fingerprint density at radius 2 is 2.40 bits per heavy atom. The van der Waals surface area contributed by atoms with Gasteiger partial charge in [-0.1, -0.05) is 0 Å². The normalized spacial score (nSPS) is 21.8. The van der Waals surface area contributed by atoms with Crippen molar-refractivity contribution < 1.29 is 0 Å². The lowest BCUT2D eigenvalue weighted by Crippen LogP contribution is -2.49. The molecule has 1 aliphatic heterocycles. The summed E-state index contributed by atoms with van der Waals surface area (Å²) in [5.74, 6) is 1.12. The summed E-state index contributed by atoms with van der Waals surface area (Å²) in [4.78, 5) is 6.84. The number of hydrogen-bond acceptors (Lipinski definition) is 3. The Morgan fingerprint density at radius 3 is 3.07 bits per heavy atom. The molecule has 1 aromatic heterocycles. The highest BCUT2D eigenvalue weighted by Gasteiger charge is 2.18. The van der Waals surface area contributed by atoms with E-state index < -0.39 is 0 Å². The SMILES string of the molecule is Cc1cc(Br)cnc1N1CCN[C@@H](C)C1. The number of anilines is 1. The van der Waals surface area contributed by atoms with Crippen LogP contribution in [0.4, 0.5) is 5.82 Å². The average Bonchev–Trinajstić information content (AvgIpc) is 2.17. The van der Waals surface area contributed by atoms with E-state index in [0.29, 0.717) is 6.04 Å². The fourth-order valence-corrected chi connectivity index (χ4v) is 2.43. The molecule has 1 aliphatic rings. The Hall–Kier alpha value is -0.610. The highest BCUT2D eigenvalue weighted by atomic mass is 79.9. The molecule has 15 heavy (non-hydrogen) atoms. The molecule has 0 aromatic carbocycles. The zero-order valence-electron chi connectivity index (χ0n) is 9.13. The zero-order chi connectivity index (χ0) is 10.8. The van der Waals surface area contributed by atoms with Gasteiger partial charge in [0.1, 0.15) is 5.82 Å². The van der Waals surface area contributed by atoms with Crippen molar-refractivity contribution in [1.82, 2.24) is 10.3 Å². The number of piperazine rings is 1. The molecule has 0 spiro atoms. The minimum Gasteiger partial charge on any atom is -0.354 e. The lowest BCUT2D eigenvalue weighted by molar-refractivity contribution is 0.482. The van der Waals surface area contributed by atoms with Crippen molar-refractivity contribution in [3.8, 4) is 0 Å². The van der Waals surface area contributed by atoms with Crippen LogP contribution in [0.15, 0.2) is 16.7 Å². The molecular formula is C11H16BrN3. The van der Waals surface area contributed by atoms with Gasteiger partial charge in [-0.25, -0.2) is 4.98 Å². The number of aromatic nitrogens is 1. The Morgan fingerprint density at radius 1 is 1.60 bits per heavy atom. The maximum atomic E-state index is 4.49. The molecule has 3 nitrogen and oxygen atoms in total. The van der Waals surface area contributed by atoms with E-state index in [2.05, 4.69) is 51.0 Å². The van der Waals surface area contributed by atoms with E-state index in [9.17, 15) is 0 Å². The number of nitrogens with one attached hydrogen (secondary N) is 1. The van der Waals surface area contributed by atoms with Crippen LogP contribution in [0.5, 0.6) is 0 Å². The first-order valence-electron chi connectivity index (χ1n) is 5.27. The van der Waals surface area contributed by atoms with Crippen LogP contribution in [0, 0.1) is 6.92 Å². The molecule has 1 fully saturated rings. The molecule has 0 radical (unpaired) electrons. The largest absolute Gasteiger partial charge is 0.354 e. The van der Waals surface area contributed by atoms with Crippen LogP contribution in [0.25, 0.3) is 0 Å². The van der Waals surface area contributed by atoms with E-state index in [4.69, 9.17) is 0 Å². The van der Waals surface area contributed by atoms with E-state index in [1.807, 2.05) is 6.20 Å². The number of halogens is 1. The quantitative estimate of drug-likeness (QED) is 0.845. The van der Waals surface area contributed by atoms with E-state index >= 15 is 0 Å². The summed E-state index contributed by atoms with van der Waals surface area (Å²) in [6, 6.07) is 2.67. The van der Waals surface area contributed by atoms with Gasteiger partial charge in [0.25, 0.3) is 0 Å². The minimum atomic E-state index is 0.545. The molecule has 0 bridgehead atoms. The van der Waals surface area contributed by atoms with E-state index in [0.717, 1.165) is 29.9 Å². The second-order valence-corrected chi connectivity index (χ2v) is 5.01. The van der Waals surface area contributed by atoms with Gasteiger partial charge in [0.2, 0.25) is 0 Å². The van der Waals surface area contributed by atoms with Gasteiger partial charge in [-0.3, -0.25) is 0 Å².